The minimum Gasteiger partial charge on any atom is -0.393 e. The fourth-order valence-electron chi connectivity index (χ4n) is 0.719. The van der Waals surface area contributed by atoms with Crippen molar-refractivity contribution in [3.63, 3.8) is 0 Å². The molecule has 0 aromatic carbocycles. The van der Waals surface area contributed by atoms with Crippen molar-refractivity contribution in [2.75, 3.05) is 0 Å². The Hall–Kier alpha value is -0.530. The second kappa shape index (κ2) is 3.59. The van der Waals surface area contributed by atoms with E-state index in [-0.39, 0.29) is 0 Å². The van der Waals surface area contributed by atoms with Gasteiger partial charge in [-0.05, 0) is 25.2 Å². The SMILES string of the molecule is CC(C)/C=N/OC1CCC1. The van der Waals surface area contributed by atoms with Crippen LogP contribution in [0.3, 0.4) is 0 Å². The van der Waals surface area contributed by atoms with Gasteiger partial charge >= 0.3 is 0 Å². The maximum atomic E-state index is 5.16. The highest BCUT2D eigenvalue weighted by Gasteiger charge is 2.18. The van der Waals surface area contributed by atoms with Crippen molar-refractivity contribution in [2.45, 2.75) is 39.2 Å². The van der Waals surface area contributed by atoms with Crippen LogP contribution in [0, 0.1) is 5.92 Å². The van der Waals surface area contributed by atoms with Crippen LogP contribution >= 0.6 is 0 Å². The van der Waals surface area contributed by atoms with E-state index in [4.69, 9.17) is 4.84 Å². The van der Waals surface area contributed by atoms with Crippen LogP contribution in [-0.4, -0.2) is 12.3 Å². The van der Waals surface area contributed by atoms with E-state index in [0.29, 0.717) is 12.0 Å². The van der Waals surface area contributed by atoms with Crippen LogP contribution in [0.15, 0.2) is 5.16 Å². The summed E-state index contributed by atoms with van der Waals surface area (Å²) in [6.45, 7) is 4.18. The highest BCUT2D eigenvalue weighted by molar-refractivity contribution is 5.58. The van der Waals surface area contributed by atoms with Gasteiger partial charge in [-0.3, -0.25) is 0 Å². The third-order valence-corrected chi connectivity index (χ3v) is 1.62. The van der Waals surface area contributed by atoms with Crippen LogP contribution in [0.2, 0.25) is 0 Å². The molecule has 0 N–H and O–H groups in total. The zero-order valence-corrected chi connectivity index (χ0v) is 6.71. The predicted octanol–water partition coefficient (Wildman–Crippen LogP) is 2.20. The molecule has 0 unspecified atom stereocenters. The van der Waals surface area contributed by atoms with Gasteiger partial charge in [0.05, 0.1) is 0 Å². The molecule has 1 fully saturated rings. The molecule has 1 aliphatic carbocycles. The van der Waals surface area contributed by atoms with E-state index in [1.54, 1.807) is 0 Å². The topological polar surface area (TPSA) is 21.6 Å². The second-order valence-corrected chi connectivity index (χ2v) is 3.16. The molecule has 1 rings (SSSR count). The summed E-state index contributed by atoms with van der Waals surface area (Å²) in [7, 11) is 0. The van der Waals surface area contributed by atoms with Crippen molar-refractivity contribution in [3.8, 4) is 0 Å². The van der Waals surface area contributed by atoms with Gasteiger partial charge in [0.25, 0.3) is 0 Å². The highest BCUT2D eigenvalue weighted by Crippen LogP contribution is 2.21. The van der Waals surface area contributed by atoms with E-state index in [2.05, 4.69) is 19.0 Å². The van der Waals surface area contributed by atoms with Gasteiger partial charge in [0.1, 0.15) is 6.10 Å². The van der Waals surface area contributed by atoms with Crippen molar-refractivity contribution < 1.29 is 4.84 Å². The first-order valence-corrected chi connectivity index (χ1v) is 3.98. The summed E-state index contributed by atoms with van der Waals surface area (Å²) in [5.41, 5.74) is 0. The molecule has 0 radical (unpaired) electrons. The molecule has 58 valence electrons. The first-order chi connectivity index (χ1) is 4.79. The quantitative estimate of drug-likeness (QED) is 0.436. The van der Waals surface area contributed by atoms with Crippen LogP contribution in [0.1, 0.15) is 33.1 Å². The maximum Gasteiger partial charge on any atom is 0.127 e. The molecule has 2 heteroatoms. The molecular formula is C8H15NO. The number of oxime groups is 1. The lowest BCUT2D eigenvalue weighted by Crippen LogP contribution is -2.19. The Morgan fingerprint density at radius 1 is 1.50 bits per heavy atom. The summed E-state index contributed by atoms with van der Waals surface area (Å²) in [6, 6.07) is 0. The monoisotopic (exact) mass is 141 g/mol. The molecule has 2 nitrogen and oxygen atoms in total. The summed E-state index contributed by atoms with van der Waals surface area (Å²) in [5, 5.41) is 3.87. The van der Waals surface area contributed by atoms with Crippen LogP contribution in [0.4, 0.5) is 0 Å². The van der Waals surface area contributed by atoms with Gasteiger partial charge in [0, 0.05) is 6.21 Å². The first kappa shape index (κ1) is 7.58. The Morgan fingerprint density at radius 2 is 2.20 bits per heavy atom. The summed E-state index contributed by atoms with van der Waals surface area (Å²) in [4.78, 5) is 5.16. The molecule has 0 spiro atoms. The van der Waals surface area contributed by atoms with E-state index < -0.39 is 0 Å². The van der Waals surface area contributed by atoms with E-state index in [1.807, 2.05) is 6.21 Å². The minimum atomic E-state index is 0.426. The van der Waals surface area contributed by atoms with E-state index in [0.717, 1.165) is 0 Å². The zero-order valence-electron chi connectivity index (χ0n) is 6.71. The lowest BCUT2D eigenvalue weighted by Gasteiger charge is -2.22. The fourth-order valence-corrected chi connectivity index (χ4v) is 0.719. The average Bonchev–Trinajstić information content (AvgIpc) is 1.75. The predicted molar refractivity (Wildman–Crippen MR) is 42.1 cm³/mol. The van der Waals surface area contributed by atoms with Gasteiger partial charge in [-0.25, -0.2) is 0 Å². The molecule has 0 aliphatic heterocycles. The number of hydrogen-bond acceptors (Lipinski definition) is 2. The van der Waals surface area contributed by atoms with Crippen LogP contribution in [-0.2, 0) is 4.84 Å². The normalized spacial score (nSPS) is 19.9. The van der Waals surface area contributed by atoms with E-state index in [1.165, 1.54) is 19.3 Å². The molecule has 0 aromatic heterocycles. The third-order valence-electron chi connectivity index (χ3n) is 1.62. The van der Waals surface area contributed by atoms with Crippen LogP contribution in [0.5, 0.6) is 0 Å². The van der Waals surface area contributed by atoms with Crippen molar-refractivity contribution in [3.05, 3.63) is 0 Å². The average molecular weight is 141 g/mol. The standard InChI is InChI=1S/C8H15NO/c1-7(2)6-9-10-8-4-3-5-8/h6-8H,3-5H2,1-2H3/b9-6+. The second-order valence-electron chi connectivity index (χ2n) is 3.16. The number of nitrogens with zero attached hydrogens (tertiary/aromatic N) is 1. The van der Waals surface area contributed by atoms with Crippen molar-refractivity contribution in [1.29, 1.82) is 0 Å². The highest BCUT2D eigenvalue weighted by atomic mass is 16.6. The Kier molecular flexibility index (Phi) is 2.72. The van der Waals surface area contributed by atoms with E-state index >= 15 is 0 Å². The first-order valence-electron chi connectivity index (χ1n) is 3.98. The van der Waals surface area contributed by atoms with Gasteiger partial charge in [0.15, 0.2) is 0 Å². The van der Waals surface area contributed by atoms with E-state index in [9.17, 15) is 0 Å². The molecule has 1 aliphatic rings. The molecule has 0 atom stereocenters. The smallest absolute Gasteiger partial charge is 0.127 e. The van der Waals surface area contributed by atoms with Gasteiger partial charge in [-0.15, -0.1) is 0 Å². The molecular weight excluding hydrogens is 126 g/mol. The Balaban J connectivity index is 2.03. The molecule has 0 bridgehead atoms. The summed E-state index contributed by atoms with van der Waals surface area (Å²) < 4.78 is 0. The third kappa shape index (κ3) is 2.38. The van der Waals surface area contributed by atoms with Gasteiger partial charge in [0.2, 0.25) is 0 Å². The largest absolute Gasteiger partial charge is 0.393 e. The van der Waals surface area contributed by atoms with Crippen molar-refractivity contribution >= 4 is 6.21 Å². The van der Waals surface area contributed by atoms with Crippen molar-refractivity contribution in [1.82, 2.24) is 0 Å². The van der Waals surface area contributed by atoms with Gasteiger partial charge in [-0.1, -0.05) is 19.0 Å². The molecule has 0 aromatic rings. The van der Waals surface area contributed by atoms with Gasteiger partial charge < -0.3 is 4.84 Å². The summed E-state index contributed by atoms with van der Waals surface area (Å²) >= 11 is 0. The lowest BCUT2D eigenvalue weighted by molar-refractivity contribution is 0.00634. The number of rotatable bonds is 3. The summed E-state index contributed by atoms with van der Waals surface area (Å²) in [5.74, 6) is 0.500. The molecule has 0 amide bonds. The fraction of sp³-hybridized carbons (Fsp3) is 0.875. The number of hydrogen-bond donors (Lipinski definition) is 0. The maximum absolute atomic E-state index is 5.16. The molecule has 10 heavy (non-hydrogen) atoms. The minimum absolute atomic E-state index is 0.426. The van der Waals surface area contributed by atoms with Crippen LogP contribution in [0.25, 0.3) is 0 Å². The van der Waals surface area contributed by atoms with Crippen molar-refractivity contribution in [2.24, 2.45) is 11.1 Å². The Bertz CT molecular complexity index is 116. The zero-order chi connectivity index (χ0) is 7.40. The molecule has 1 saturated carbocycles. The molecule has 0 saturated heterocycles. The summed E-state index contributed by atoms with van der Waals surface area (Å²) in [6.07, 6.45) is 5.96. The Morgan fingerprint density at radius 3 is 2.60 bits per heavy atom. The molecule has 0 heterocycles. The van der Waals surface area contributed by atoms with Gasteiger partial charge in [-0.2, -0.15) is 0 Å². The van der Waals surface area contributed by atoms with Crippen LogP contribution < -0.4 is 0 Å². The Labute approximate surface area is 62.3 Å². The lowest BCUT2D eigenvalue weighted by atomic mass is 9.97.